The van der Waals surface area contributed by atoms with E-state index in [1.54, 1.807) is 6.92 Å². The van der Waals surface area contributed by atoms with Crippen LogP contribution in [0.5, 0.6) is 0 Å². The first-order chi connectivity index (χ1) is 8.16. The number of para-hydroxylation sites is 1. The topological polar surface area (TPSA) is 50.2 Å². The Kier molecular flexibility index (Phi) is 3.38. The second-order valence-electron chi connectivity index (χ2n) is 4.31. The van der Waals surface area contributed by atoms with Gasteiger partial charge in [-0.25, -0.2) is 0 Å². The van der Waals surface area contributed by atoms with Crippen LogP contribution in [-0.2, 0) is 11.2 Å². The maximum Gasteiger partial charge on any atom is 0.306 e. The molecule has 1 N–H and O–H groups in total. The number of fused-ring (bicyclic) bond motifs is 1. The smallest absolute Gasteiger partial charge is 0.306 e. The van der Waals surface area contributed by atoms with E-state index in [1.165, 1.54) is 0 Å². The van der Waals surface area contributed by atoms with Crippen LogP contribution < -0.4 is 0 Å². The Morgan fingerprint density at radius 3 is 2.94 bits per heavy atom. The number of aryl methyl sites for hydroxylation is 1. The molecular weight excluding hydrogens is 214 g/mol. The molecule has 1 atom stereocenters. The third-order valence-corrected chi connectivity index (χ3v) is 2.93. The normalized spacial score (nSPS) is 12.5. The molecule has 0 fully saturated rings. The molecule has 0 aliphatic rings. The minimum atomic E-state index is -0.737. The van der Waals surface area contributed by atoms with Gasteiger partial charge in [0.1, 0.15) is 0 Å². The van der Waals surface area contributed by atoms with E-state index >= 15 is 0 Å². The van der Waals surface area contributed by atoms with Crippen molar-refractivity contribution in [3.63, 3.8) is 0 Å². The predicted molar refractivity (Wildman–Crippen MR) is 66.9 cm³/mol. The molecule has 2 rings (SSSR count). The van der Waals surface area contributed by atoms with Gasteiger partial charge in [0.15, 0.2) is 0 Å². The van der Waals surface area contributed by atoms with Gasteiger partial charge in [0.05, 0.1) is 11.4 Å². The van der Waals surface area contributed by atoms with Crippen molar-refractivity contribution in [2.24, 2.45) is 5.92 Å². The predicted octanol–water partition coefficient (Wildman–Crippen LogP) is 2.89. The molecule has 0 saturated heterocycles. The van der Waals surface area contributed by atoms with Crippen molar-refractivity contribution in [3.8, 4) is 0 Å². The highest BCUT2D eigenvalue weighted by atomic mass is 16.4. The summed E-state index contributed by atoms with van der Waals surface area (Å²) in [5.41, 5.74) is 2.07. The summed E-state index contributed by atoms with van der Waals surface area (Å²) < 4.78 is 0. The Morgan fingerprint density at radius 2 is 2.18 bits per heavy atom. The number of carboxylic acid groups (broad SMARTS) is 1. The third kappa shape index (κ3) is 2.81. The number of carboxylic acids is 1. The van der Waals surface area contributed by atoms with Crippen molar-refractivity contribution in [3.05, 3.63) is 42.1 Å². The van der Waals surface area contributed by atoms with Crippen LogP contribution in [0.15, 0.2) is 36.5 Å². The van der Waals surface area contributed by atoms with E-state index in [9.17, 15) is 4.79 Å². The number of aromatic nitrogens is 1. The maximum atomic E-state index is 10.7. The molecule has 1 heterocycles. The lowest BCUT2D eigenvalue weighted by atomic mass is 10.0. The SMILES string of the molecule is CC(CCc1cnc2ccccc2c1)C(=O)O. The molecule has 1 aromatic heterocycles. The van der Waals surface area contributed by atoms with Crippen LogP contribution in [0.3, 0.4) is 0 Å². The van der Waals surface area contributed by atoms with Crippen molar-refractivity contribution >= 4 is 16.9 Å². The summed E-state index contributed by atoms with van der Waals surface area (Å²) in [4.78, 5) is 15.1. The second kappa shape index (κ2) is 4.95. The number of benzene rings is 1. The van der Waals surface area contributed by atoms with E-state index in [2.05, 4.69) is 11.1 Å². The van der Waals surface area contributed by atoms with E-state index in [-0.39, 0.29) is 5.92 Å². The number of nitrogens with zero attached hydrogens (tertiary/aromatic N) is 1. The summed E-state index contributed by atoms with van der Waals surface area (Å²) >= 11 is 0. The van der Waals surface area contributed by atoms with E-state index in [0.717, 1.165) is 22.9 Å². The number of hydrogen-bond donors (Lipinski definition) is 1. The van der Waals surface area contributed by atoms with Crippen LogP contribution >= 0.6 is 0 Å². The molecule has 3 nitrogen and oxygen atoms in total. The average molecular weight is 229 g/mol. The van der Waals surface area contributed by atoms with Crippen LogP contribution in [-0.4, -0.2) is 16.1 Å². The molecule has 0 saturated carbocycles. The zero-order valence-electron chi connectivity index (χ0n) is 9.76. The van der Waals surface area contributed by atoms with Gasteiger partial charge in [-0.2, -0.15) is 0 Å². The summed E-state index contributed by atoms with van der Waals surface area (Å²) in [5, 5.41) is 9.92. The summed E-state index contributed by atoms with van der Waals surface area (Å²) in [6, 6.07) is 10.0. The van der Waals surface area contributed by atoms with Gasteiger partial charge in [-0.15, -0.1) is 0 Å². The molecular formula is C14H15NO2. The molecule has 0 spiro atoms. The molecule has 2 aromatic rings. The van der Waals surface area contributed by atoms with Crippen LogP contribution in [0.4, 0.5) is 0 Å². The fourth-order valence-electron chi connectivity index (χ4n) is 1.76. The van der Waals surface area contributed by atoms with Gasteiger partial charge in [0.25, 0.3) is 0 Å². The van der Waals surface area contributed by atoms with Crippen molar-refractivity contribution in [1.82, 2.24) is 4.98 Å². The fourth-order valence-corrected chi connectivity index (χ4v) is 1.76. The molecule has 0 amide bonds. The minimum absolute atomic E-state index is 0.304. The highest BCUT2D eigenvalue weighted by Crippen LogP contribution is 2.15. The van der Waals surface area contributed by atoms with Crippen molar-refractivity contribution < 1.29 is 9.90 Å². The van der Waals surface area contributed by atoms with Crippen LogP contribution in [0.25, 0.3) is 10.9 Å². The van der Waals surface area contributed by atoms with Crippen molar-refractivity contribution in [2.75, 3.05) is 0 Å². The van der Waals surface area contributed by atoms with Gasteiger partial charge in [0, 0.05) is 11.6 Å². The molecule has 3 heteroatoms. The highest BCUT2D eigenvalue weighted by Gasteiger charge is 2.10. The van der Waals surface area contributed by atoms with Crippen molar-refractivity contribution in [2.45, 2.75) is 19.8 Å². The summed E-state index contributed by atoms with van der Waals surface area (Å²) in [5.74, 6) is -1.04. The second-order valence-corrected chi connectivity index (χ2v) is 4.31. The molecule has 0 aliphatic heterocycles. The van der Waals surface area contributed by atoms with Gasteiger partial charge in [-0.05, 0) is 30.5 Å². The van der Waals surface area contributed by atoms with Crippen LogP contribution in [0, 0.1) is 5.92 Å². The molecule has 1 aromatic carbocycles. The largest absolute Gasteiger partial charge is 0.481 e. The molecule has 0 aliphatic carbocycles. The minimum Gasteiger partial charge on any atom is -0.481 e. The van der Waals surface area contributed by atoms with Gasteiger partial charge in [-0.3, -0.25) is 9.78 Å². The van der Waals surface area contributed by atoms with Gasteiger partial charge in [0.2, 0.25) is 0 Å². The average Bonchev–Trinajstić information content (AvgIpc) is 2.35. The lowest BCUT2D eigenvalue weighted by Crippen LogP contribution is -2.10. The Bertz CT molecular complexity index is 536. The van der Waals surface area contributed by atoms with E-state index in [0.29, 0.717) is 6.42 Å². The van der Waals surface area contributed by atoms with Crippen molar-refractivity contribution in [1.29, 1.82) is 0 Å². The maximum absolute atomic E-state index is 10.7. The quantitative estimate of drug-likeness (QED) is 0.877. The first-order valence-electron chi connectivity index (χ1n) is 5.73. The van der Waals surface area contributed by atoms with E-state index in [4.69, 9.17) is 5.11 Å². The Morgan fingerprint density at radius 1 is 1.41 bits per heavy atom. The van der Waals surface area contributed by atoms with E-state index < -0.39 is 5.97 Å². The molecule has 0 radical (unpaired) electrons. The lowest BCUT2D eigenvalue weighted by Gasteiger charge is -2.06. The molecule has 88 valence electrons. The number of carbonyl (C=O) groups is 1. The molecule has 1 unspecified atom stereocenters. The zero-order valence-corrected chi connectivity index (χ0v) is 9.76. The zero-order chi connectivity index (χ0) is 12.3. The van der Waals surface area contributed by atoms with Gasteiger partial charge in [-0.1, -0.05) is 25.1 Å². The van der Waals surface area contributed by atoms with Gasteiger partial charge < -0.3 is 5.11 Å². The number of pyridine rings is 1. The fraction of sp³-hybridized carbons (Fsp3) is 0.286. The number of aliphatic carboxylic acids is 1. The summed E-state index contributed by atoms with van der Waals surface area (Å²) in [6.45, 7) is 1.73. The molecule has 0 bridgehead atoms. The van der Waals surface area contributed by atoms with E-state index in [1.807, 2.05) is 30.5 Å². The Balaban J connectivity index is 2.12. The summed E-state index contributed by atoms with van der Waals surface area (Å²) in [7, 11) is 0. The highest BCUT2D eigenvalue weighted by molar-refractivity contribution is 5.78. The Labute approximate surface area is 100 Å². The molecule has 17 heavy (non-hydrogen) atoms. The third-order valence-electron chi connectivity index (χ3n) is 2.93. The first kappa shape index (κ1) is 11.6. The van der Waals surface area contributed by atoms with Crippen LogP contribution in [0.2, 0.25) is 0 Å². The first-order valence-corrected chi connectivity index (χ1v) is 5.73. The van der Waals surface area contributed by atoms with Gasteiger partial charge >= 0.3 is 5.97 Å². The Hall–Kier alpha value is -1.90. The summed E-state index contributed by atoms with van der Waals surface area (Å²) in [6.07, 6.45) is 3.23. The standard InChI is InChI=1S/C14H15NO2/c1-10(14(16)17)6-7-11-8-12-4-2-3-5-13(12)15-9-11/h2-5,8-10H,6-7H2,1H3,(H,16,17). The lowest BCUT2D eigenvalue weighted by molar-refractivity contribution is -0.141. The monoisotopic (exact) mass is 229 g/mol. The number of rotatable bonds is 4. The van der Waals surface area contributed by atoms with Crippen LogP contribution in [0.1, 0.15) is 18.9 Å². The number of hydrogen-bond acceptors (Lipinski definition) is 2.